The van der Waals surface area contributed by atoms with Crippen LogP contribution in [0.25, 0.3) is 0 Å². The first kappa shape index (κ1) is 29.8. The third kappa shape index (κ3) is 8.56. The van der Waals surface area contributed by atoms with E-state index in [9.17, 15) is 28.1 Å². The van der Waals surface area contributed by atoms with Gasteiger partial charge in [-0.2, -0.15) is 0 Å². The summed E-state index contributed by atoms with van der Waals surface area (Å²) in [6.45, 7) is 7.38. The number of carbonyl (C=O) groups excluding carboxylic acids is 2. The van der Waals surface area contributed by atoms with Gasteiger partial charge in [0.25, 0.3) is 5.69 Å². The number of hydrogen-bond acceptors (Lipinski definition) is 6. The molecule has 10 nitrogen and oxygen atoms in total. The molecule has 2 aromatic rings. The van der Waals surface area contributed by atoms with Gasteiger partial charge in [0.2, 0.25) is 21.8 Å². The van der Waals surface area contributed by atoms with E-state index in [4.69, 9.17) is 0 Å². The molecule has 0 aromatic heterocycles. The van der Waals surface area contributed by atoms with E-state index in [1.165, 1.54) is 17.0 Å². The van der Waals surface area contributed by atoms with E-state index < -0.39 is 33.4 Å². The van der Waals surface area contributed by atoms with E-state index in [0.717, 1.165) is 22.2 Å². The third-order valence-electron chi connectivity index (χ3n) is 5.91. The molecule has 0 saturated heterocycles. The van der Waals surface area contributed by atoms with Gasteiger partial charge >= 0.3 is 0 Å². The Morgan fingerprint density at radius 2 is 1.76 bits per heavy atom. The van der Waals surface area contributed by atoms with Gasteiger partial charge in [-0.05, 0) is 36.8 Å². The molecule has 0 bridgehead atoms. The zero-order chi connectivity index (χ0) is 27.8. The second kappa shape index (κ2) is 13.2. The van der Waals surface area contributed by atoms with Crippen LogP contribution >= 0.6 is 0 Å². The van der Waals surface area contributed by atoms with Crippen molar-refractivity contribution in [2.24, 2.45) is 5.92 Å². The van der Waals surface area contributed by atoms with Gasteiger partial charge in [0, 0.05) is 25.2 Å². The van der Waals surface area contributed by atoms with Crippen molar-refractivity contribution in [1.29, 1.82) is 0 Å². The molecule has 0 spiro atoms. The molecule has 0 heterocycles. The van der Waals surface area contributed by atoms with E-state index in [2.05, 4.69) is 5.32 Å². The lowest BCUT2D eigenvalue weighted by molar-refractivity contribution is -0.384. The second-order valence-electron chi connectivity index (χ2n) is 9.38. The molecule has 0 unspecified atom stereocenters. The van der Waals surface area contributed by atoms with Gasteiger partial charge in [-0.3, -0.25) is 24.0 Å². The predicted octanol–water partition coefficient (Wildman–Crippen LogP) is 3.29. The van der Waals surface area contributed by atoms with E-state index >= 15 is 0 Å². The highest BCUT2D eigenvalue weighted by molar-refractivity contribution is 7.92. The molecule has 1 N–H and O–H groups in total. The fourth-order valence-corrected chi connectivity index (χ4v) is 4.79. The highest BCUT2D eigenvalue weighted by Gasteiger charge is 2.32. The highest BCUT2D eigenvalue weighted by atomic mass is 32.2. The molecule has 2 aromatic carbocycles. The molecule has 2 amide bonds. The minimum Gasteiger partial charge on any atom is -0.354 e. The molecule has 0 aliphatic rings. The van der Waals surface area contributed by atoms with Crippen LogP contribution < -0.4 is 9.62 Å². The van der Waals surface area contributed by atoms with E-state index in [1.807, 2.05) is 44.2 Å². The lowest BCUT2D eigenvalue weighted by Crippen LogP contribution is -2.53. The van der Waals surface area contributed by atoms with Gasteiger partial charge in [-0.25, -0.2) is 8.42 Å². The summed E-state index contributed by atoms with van der Waals surface area (Å²) < 4.78 is 26.4. The quantitative estimate of drug-likeness (QED) is 0.311. The number of sulfonamides is 1. The maximum Gasteiger partial charge on any atom is 0.271 e. The van der Waals surface area contributed by atoms with Crippen molar-refractivity contribution in [2.45, 2.75) is 46.6 Å². The summed E-state index contributed by atoms with van der Waals surface area (Å²) in [6.07, 6.45) is 1.74. The first-order valence-electron chi connectivity index (χ1n) is 12.2. The average Bonchev–Trinajstić information content (AvgIpc) is 2.83. The number of nitro benzene ring substituents is 1. The van der Waals surface area contributed by atoms with Gasteiger partial charge in [0.1, 0.15) is 12.6 Å². The molecule has 1 atom stereocenters. The summed E-state index contributed by atoms with van der Waals surface area (Å²) in [5.74, 6) is -0.665. The maximum absolute atomic E-state index is 13.7. The van der Waals surface area contributed by atoms with Crippen molar-refractivity contribution in [3.8, 4) is 0 Å². The number of hydrogen-bond donors (Lipinski definition) is 1. The van der Waals surface area contributed by atoms with E-state index in [-0.39, 0.29) is 29.7 Å². The van der Waals surface area contributed by atoms with Crippen molar-refractivity contribution >= 4 is 33.2 Å². The van der Waals surface area contributed by atoms with Gasteiger partial charge in [-0.15, -0.1) is 0 Å². The summed E-state index contributed by atoms with van der Waals surface area (Å²) in [4.78, 5) is 38.8. The topological polar surface area (TPSA) is 130 Å². The monoisotopic (exact) mass is 532 g/mol. The number of nitrogens with zero attached hydrogens (tertiary/aromatic N) is 3. The zero-order valence-electron chi connectivity index (χ0n) is 22.0. The number of nitro groups is 1. The second-order valence-corrected chi connectivity index (χ2v) is 11.3. The van der Waals surface area contributed by atoms with Crippen LogP contribution in [-0.4, -0.2) is 62.0 Å². The lowest BCUT2D eigenvalue weighted by atomic mass is 10.1. The van der Waals surface area contributed by atoms with Crippen LogP contribution in [0, 0.1) is 23.0 Å². The number of nitrogens with one attached hydrogen (secondary N) is 1. The predicted molar refractivity (Wildman–Crippen MR) is 144 cm³/mol. The summed E-state index contributed by atoms with van der Waals surface area (Å²) in [7, 11) is -3.99. The molecule has 2 rings (SSSR count). The van der Waals surface area contributed by atoms with Crippen LogP contribution in [0.15, 0.2) is 48.5 Å². The fraction of sp³-hybridized carbons (Fsp3) is 0.462. The van der Waals surface area contributed by atoms with Crippen LogP contribution in [0.1, 0.15) is 38.3 Å². The minimum absolute atomic E-state index is 0.0466. The smallest absolute Gasteiger partial charge is 0.271 e. The Morgan fingerprint density at radius 3 is 2.30 bits per heavy atom. The van der Waals surface area contributed by atoms with Crippen LogP contribution in [0.3, 0.4) is 0 Å². The normalized spacial score (nSPS) is 12.2. The van der Waals surface area contributed by atoms with Crippen molar-refractivity contribution in [1.82, 2.24) is 10.2 Å². The van der Waals surface area contributed by atoms with Crippen molar-refractivity contribution in [3.05, 3.63) is 69.8 Å². The SMILES string of the molecule is CC[C@@H](C(=O)NCC(C)C)N(CCc1ccccc1)C(=O)CN(c1cc([N+](=O)[O-])ccc1C)S(C)(=O)=O. The zero-order valence-corrected chi connectivity index (χ0v) is 22.8. The van der Waals surface area contributed by atoms with Gasteiger partial charge < -0.3 is 10.2 Å². The number of benzene rings is 2. The largest absolute Gasteiger partial charge is 0.354 e. The Balaban J connectivity index is 2.44. The lowest BCUT2D eigenvalue weighted by Gasteiger charge is -2.33. The molecular weight excluding hydrogens is 496 g/mol. The highest BCUT2D eigenvalue weighted by Crippen LogP contribution is 2.27. The van der Waals surface area contributed by atoms with Crippen LogP contribution in [0.4, 0.5) is 11.4 Å². The van der Waals surface area contributed by atoms with Gasteiger partial charge in [0.05, 0.1) is 16.9 Å². The number of carbonyl (C=O) groups is 2. The fourth-order valence-electron chi connectivity index (χ4n) is 3.89. The Kier molecular flexibility index (Phi) is 10.6. The van der Waals surface area contributed by atoms with Crippen molar-refractivity contribution < 1.29 is 22.9 Å². The average molecular weight is 533 g/mol. The van der Waals surface area contributed by atoms with Crippen LogP contribution in [0.2, 0.25) is 0 Å². The molecule has 11 heteroatoms. The molecule has 202 valence electrons. The summed E-state index contributed by atoms with van der Waals surface area (Å²) >= 11 is 0. The van der Waals surface area contributed by atoms with Crippen molar-refractivity contribution in [3.63, 3.8) is 0 Å². The first-order valence-corrected chi connectivity index (χ1v) is 14.0. The Labute approximate surface area is 218 Å². The number of anilines is 1. The molecule has 37 heavy (non-hydrogen) atoms. The minimum atomic E-state index is -3.99. The molecule has 0 saturated carbocycles. The number of aryl methyl sites for hydroxylation is 1. The van der Waals surface area contributed by atoms with Crippen molar-refractivity contribution in [2.75, 3.05) is 30.2 Å². The maximum atomic E-state index is 13.7. The molecule has 0 aliphatic heterocycles. The van der Waals surface area contributed by atoms with E-state index in [1.54, 1.807) is 13.8 Å². The molecule has 0 aliphatic carbocycles. The Bertz CT molecular complexity index is 1200. The van der Waals surface area contributed by atoms with E-state index in [0.29, 0.717) is 24.9 Å². The third-order valence-corrected chi connectivity index (χ3v) is 7.03. The molecule has 0 fully saturated rings. The Morgan fingerprint density at radius 1 is 1.11 bits per heavy atom. The number of non-ortho nitro benzene ring substituents is 1. The Hall–Kier alpha value is -3.47. The van der Waals surface area contributed by atoms with Gasteiger partial charge in [0.15, 0.2) is 0 Å². The van der Waals surface area contributed by atoms with Crippen LogP contribution in [0.5, 0.6) is 0 Å². The first-order chi connectivity index (χ1) is 17.3. The summed E-state index contributed by atoms with van der Waals surface area (Å²) in [5, 5.41) is 14.2. The molecule has 0 radical (unpaired) electrons. The summed E-state index contributed by atoms with van der Waals surface area (Å²) in [6, 6.07) is 12.5. The van der Waals surface area contributed by atoms with Crippen LogP contribution in [-0.2, 0) is 26.0 Å². The standard InChI is InChI=1S/C26H36N4O6S/c1-6-23(26(32)27-17-19(2)3)28(15-14-21-10-8-7-9-11-21)25(31)18-29(37(5,35)36)24-16-22(30(33)34)13-12-20(24)4/h7-13,16,19,23H,6,14-15,17-18H2,1-5H3,(H,27,32)/t23-/m0/s1. The number of rotatable bonds is 13. The number of amides is 2. The summed E-state index contributed by atoms with van der Waals surface area (Å²) in [5.41, 5.74) is 1.18. The molecular formula is C26H36N4O6S. The van der Waals surface area contributed by atoms with Gasteiger partial charge in [-0.1, -0.05) is 57.2 Å².